The van der Waals surface area contributed by atoms with Crippen molar-refractivity contribution in [2.24, 2.45) is 0 Å². The molecule has 158 valence electrons. The van der Waals surface area contributed by atoms with Gasteiger partial charge >= 0.3 is 0 Å². The molecule has 1 amide bonds. The fourth-order valence-corrected chi connectivity index (χ4v) is 3.13. The summed E-state index contributed by atoms with van der Waals surface area (Å²) in [5.41, 5.74) is 0.996. The topological polar surface area (TPSA) is 91.1 Å². The third kappa shape index (κ3) is 5.06. The molecule has 3 aromatic carbocycles. The molecule has 31 heavy (non-hydrogen) atoms. The third-order valence-corrected chi connectivity index (χ3v) is 4.71. The maximum Gasteiger partial charge on any atom is 0.277 e. The summed E-state index contributed by atoms with van der Waals surface area (Å²) in [6.07, 6.45) is -1.38. The van der Waals surface area contributed by atoms with Crippen LogP contribution in [0.3, 0.4) is 0 Å². The molecule has 1 saturated heterocycles. The molecule has 1 aliphatic rings. The highest BCUT2D eigenvalue weighted by molar-refractivity contribution is 5.93. The lowest BCUT2D eigenvalue weighted by Crippen LogP contribution is -2.47. The molecule has 3 aromatic rings. The van der Waals surface area contributed by atoms with Gasteiger partial charge in [-0.3, -0.25) is 14.9 Å². The first-order valence-electron chi connectivity index (χ1n) is 9.71. The average molecular weight is 420 g/mol. The molecule has 0 unspecified atom stereocenters. The van der Waals surface area contributed by atoms with Gasteiger partial charge in [0.15, 0.2) is 0 Å². The number of nitrogens with zero attached hydrogens (tertiary/aromatic N) is 2. The Balaban J connectivity index is 1.53. The normalized spacial score (nSPS) is 18.4. The Hall–Kier alpha value is -3.75. The van der Waals surface area contributed by atoms with Crippen LogP contribution in [-0.4, -0.2) is 35.1 Å². The molecule has 8 heteroatoms. The molecule has 0 spiro atoms. The molecule has 2 atom stereocenters. The first-order valence-corrected chi connectivity index (χ1v) is 9.71. The lowest BCUT2D eigenvalue weighted by molar-refractivity contribution is -0.385. The van der Waals surface area contributed by atoms with Gasteiger partial charge in [-0.05, 0) is 36.4 Å². The Labute approximate surface area is 178 Å². The van der Waals surface area contributed by atoms with Crippen LogP contribution in [0.1, 0.15) is 22.2 Å². The van der Waals surface area contributed by atoms with Crippen molar-refractivity contribution in [1.82, 2.24) is 5.06 Å². The van der Waals surface area contributed by atoms with Crippen molar-refractivity contribution >= 4 is 11.6 Å². The van der Waals surface area contributed by atoms with Crippen LogP contribution in [-0.2, 0) is 9.57 Å². The Kier molecular flexibility index (Phi) is 6.21. The van der Waals surface area contributed by atoms with Crippen LogP contribution >= 0.6 is 0 Å². The Morgan fingerprint density at radius 2 is 1.65 bits per heavy atom. The number of benzene rings is 3. The number of carbonyl (C=O) groups excluding carboxylic acids is 1. The second kappa shape index (κ2) is 9.38. The van der Waals surface area contributed by atoms with Gasteiger partial charge in [0.25, 0.3) is 11.6 Å². The SMILES string of the molecule is O=C(c1ccccc1)N1C[C@@H](COc2ccccc2)O[C@@H](c2ccc([N+](=O)[O-])cc2)O1. The Morgan fingerprint density at radius 1 is 1.00 bits per heavy atom. The van der Waals surface area contributed by atoms with Crippen molar-refractivity contribution in [1.29, 1.82) is 0 Å². The average Bonchev–Trinajstić information content (AvgIpc) is 2.83. The molecular weight excluding hydrogens is 400 g/mol. The fourth-order valence-electron chi connectivity index (χ4n) is 3.13. The second-order valence-electron chi connectivity index (χ2n) is 6.90. The van der Waals surface area contributed by atoms with Gasteiger partial charge in [-0.1, -0.05) is 36.4 Å². The number of rotatable bonds is 6. The number of ether oxygens (including phenoxy) is 2. The number of hydrogen-bond donors (Lipinski definition) is 0. The van der Waals surface area contributed by atoms with Gasteiger partial charge in [0.2, 0.25) is 6.29 Å². The van der Waals surface area contributed by atoms with E-state index in [-0.39, 0.29) is 24.7 Å². The van der Waals surface area contributed by atoms with Gasteiger partial charge in [0.05, 0.1) is 11.5 Å². The molecule has 4 rings (SSSR count). The number of para-hydroxylation sites is 1. The summed E-state index contributed by atoms with van der Waals surface area (Å²) >= 11 is 0. The van der Waals surface area contributed by atoms with Gasteiger partial charge in [0.1, 0.15) is 18.5 Å². The van der Waals surface area contributed by atoms with E-state index in [2.05, 4.69) is 0 Å². The minimum absolute atomic E-state index is 0.0410. The molecule has 0 bridgehead atoms. The van der Waals surface area contributed by atoms with Crippen molar-refractivity contribution in [3.05, 3.63) is 106 Å². The smallest absolute Gasteiger partial charge is 0.277 e. The molecule has 0 aromatic heterocycles. The number of amides is 1. The number of hydrogen-bond acceptors (Lipinski definition) is 6. The number of nitro benzene ring substituents is 1. The number of non-ortho nitro benzene ring substituents is 1. The number of carbonyl (C=O) groups is 1. The predicted molar refractivity (Wildman–Crippen MR) is 111 cm³/mol. The molecule has 8 nitrogen and oxygen atoms in total. The van der Waals surface area contributed by atoms with Crippen molar-refractivity contribution in [2.75, 3.05) is 13.2 Å². The van der Waals surface area contributed by atoms with Crippen molar-refractivity contribution in [3.8, 4) is 5.75 Å². The van der Waals surface area contributed by atoms with Crippen molar-refractivity contribution in [3.63, 3.8) is 0 Å². The first-order chi connectivity index (χ1) is 15.1. The zero-order valence-corrected chi connectivity index (χ0v) is 16.5. The van der Waals surface area contributed by atoms with E-state index >= 15 is 0 Å². The van der Waals surface area contributed by atoms with Crippen LogP contribution in [0.5, 0.6) is 5.75 Å². The maximum atomic E-state index is 13.0. The van der Waals surface area contributed by atoms with E-state index in [1.54, 1.807) is 36.4 Å². The first kappa shape index (κ1) is 20.5. The second-order valence-corrected chi connectivity index (χ2v) is 6.90. The summed E-state index contributed by atoms with van der Waals surface area (Å²) in [5, 5.41) is 12.2. The minimum atomic E-state index is -0.911. The molecule has 1 fully saturated rings. The summed E-state index contributed by atoms with van der Waals surface area (Å²) in [6.45, 7) is 0.374. The molecule has 0 radical (unpaired) electrons. The summed E-state index contributed by atoms with van der Waals surface area (Å²) < 4.78 is 11.8. The summed E-state index contributed by atoms with van der Waals surface area (Å²) in [4.78, 5) is 29.2. The van der Waals surface area contributed by atoms with Crippen molar-refractivity contribution < 1.29 is 24.0 Å². The minimum Gasteiger partial charge on any atom is -0.491 e. The highest BCUT2D eigenvalue weighted by Crippen LogP contribution is 2.29. The van der Waals surface area contributed by atoms with E-state index < -0.39 is 17.3 Å². The van der Waals surface area contributed by atoms with Gasteiger partial charge in [0, 0.05) is 23.3 Å². The molecular formula is C23H20N2O6. The highest BCUT2D eigenvalue weighted by atomic mass is 16.8. The van der Waals surface area contributed by atoms with Gasteiger partial charge in [-0.2, -0.15) is 0 Å². The van der Waals surface area contributed by atoms with Crippen LogP contribution in [0, 0.1) is 10.1 Å². The van der Waals surface area contributed by atoms with E-state index in [4.69, 9.17) is 14.3 Å². The third-order valence-electron chi connectivity index (χ3n) is 4.71. The standard InChI is InChI=1S/C23H20N2O6/c26-22(17-7-3-1-4-8-17)24-15-21(16-29-20-9-5-2-6-10-20)30-23(31-24)18-11-13-19(14-12-18)25(27)28/h1-14,21,23H,15-16H2/t21-,23+/m0/s1. The Bertz CT molecular complexity index is 1030. The fraction of sp³-hybridized carbons (Fsp3) is 0.174. The monoisotopic (exact) mass is 420 g/mol. The van der Waals surface area contributed by atoms with E-state index in [0.717, 1.165) is 0 Å². The predicted octanol–water partition coefficient (Wildman–Crippen LogP) is 4.15. The summed E-state index contributed by atoms with van der Waals surface area (Å²) in [5.74, 6) is 0.380. The highest BCUT2D eigenvalue weighted by Gasteiger charge is 2.34. The molecule has 0 saturated carbocycles. The summed E-state index contributed by atoms with van der Waals surface area (Å²) in [7, 11) is 0. The maximum absolute atomic E-state index is 13.0. The van der Waals surface area contributed by atoms with Crippen molar-refractivity contribution in [2.45, 2.75) is 12.4 Å². The van der Waals surface area contributed by atoms with E-state index in [9.17, 15) is 14.9 Å². The van der Waals surface area contributed by atoms with Gasteiger partial charge in [-0.25, -0.2) is 9.90 Å². The number of nitro groups is 1. The molecule has 0 N–H and O–H groups in total. The van der Waals surface area contributed by atoms with E-state index in [1.807, 2.05) is 36.4 Å². The Morgan fingerprint density at radius 3 is 2.29 bits per heavy atom. The van der Waals surface area contributed by atoms with Crippen LogP contribution < -0.4 is 4.74 Å². The van der Waals surface area contributed by atoms with Crippen LogP contribution in [0.15, 0.2) is 84.9 Å². The van der Waals surface area contributed by atoms with Crippen LogP contribution in [0.2, 0.25) is 0 Å². The zero-order valence-electron chi connectivity index (χ0n) is 16.5. The molecule has 1 heterocycles. The van der Waals surface area contributed by atoms with E-state index in [1.165, 1.54) is 17.2 Å². The largest absolute Gasteiger partial charge is 0.491 e. The lowest BCUT2D eigenvalue weighted by atomic mass is 10.2. The summed E-state index contributed by atoms with van der Waals surface area (Å²) in [6, 6.07) is 23.9. The zero-order chi connectivity index (χ0) is 21.6. The quantitative estimate of drug-likeness (QED) is 0.440. The van der Waals surface area contributed by atoms with Gasteiger partial charge < -0.3 is 9.47 Å². The van der Waals surface area contributed by atoms with Crippen LogP contribution in [0.4, 0.5) is 5.69 Å². The molecule has 0 aliphatic carbocycles. The number of hydroxylamine groups is 2. The van der Waals surface area contributed by atoms with E-state index in [0.29, 0.717) is 16.9 Å². The lowest BCUT2D eigenvalue weighted by Gasteiger charge is -2.37. The van der Waals surface area contributed by atoms with Gasteiger partial charge in [-0.15, -0.1) is 0 Å². The van der Waals surface area contributed by atoms with Crippen LogP contribution in [0.25, 0.3) is 0 Å². The molecule has 1 aliphatic heterocycles.